The lowest BCUT2D eigenvalue weighted by atomic mass is 10.1. The molecule has 0 heterocycles. The molecule has 2 aromatic rings. The Morgan fingerprint density at radius 3 is 2.60 bits per heavy atom. The van der Waals surface area contributed by atoms with E-state index in [1.54, 1.807) is 18.2 Å². The summed E-state index contributed by atoms with van der Waals surface area (Å²) in [6.45, 7) is 1.49. The molecular weight excluding hydrogens is 393 g/mol. The van der Waals surface area contributed by atoms with Gasteiger partial charge in [0.15, 0.2) is 18.2 Å². The predicted octanol–water partition coefficient (Wildman–Crippen LogP) is 3.63. The molecule has 7 heteroatoms. The summed E-state index contributed by atoms with van der Waals surface area (Å²) in [6.07, 6.45) is -0.133. The third-order valence-electron chi connectivity index (χ3n) is 3.37. The highest BCUT2D eigenvalue weighted by Gasteiger charge is 2.11. The Morgan fingerprint density at radius 2 is 1.96 bits per heavy atom. The van der Waals surface area contributed by atoms with Gasteiger partial charge in [0.05, 0.1) is 13.5 Å². The summed E-state index contributed by atoms with van der Waals surface area (Å²) >= 11 is 3.37. The molecule has 1 amide bonds. The van der Waals surface area contributed by atoms with Gasteiger partial charge in [0.25, 0.3) is 5.91 Å². The number of benzene rings is 2. The van der Waals surface area contributed by atoms with E-state index in [0.29, 0.717) is 11.3 Å². The van der Waals surface area contributed by atoms with Crippen molar-refractivity contribution in [2.75, 3.05) is 19.0 Å². The lowest BCUT2D eigenvalue weighted by Crippen LogP contribution is -2.21. The van der Waals surface area contributed by atoms with Crippen molar-refractivity contribution in [3.8, 4) is 5.75 Å². The van der Waals surface area contributed by atoms with Gasteiger partial charge in [0.2, 0.25) is 0 Å². The largest absolute Gasteiger partial charge is 0.494 e. The number of hydrogen-bond donors (Lipinski definition) is 1. The minimum Gasteiger partial charge on any atom is -0.494 e. The Morgan fingerprint density at radius 1 is 1.20 bits per heavy atom. The van der Waals surface area contributed by atoms with Crippen LogP contribution in [0.3, 0.4) is 0 Å². The van der Waals surface area contributed by atoms with Crippen LogP contribution in [-0.4, -0.2) is 25.6 Å². The van der Waals surface area contributed by atoms with Crippen molar-refractivity contribution in [2.24, 2.45) is 0 Å². The molecule has 0 fully saturated rings. The number of ether oxygens (including phenoxy) is 2. The lowest BCUT2D eigenvalue weighted by molar-refractivity contribution is -0.146. The number of anilines is 1. The smallest absolute Gasteiger partial charge is 0.310 e. The second-order valence-electron chi connectivity index (χ2n) is 5.32. The molecule has 0 radical (unpaired) electrons. The molecule has 1 N–H and O–H groups in total. The number of halogens is 2. The van der Waals surface area contributed by atoms with Crippen LogP contribution in [0.5, 0.6) is 5.75 Å². The monoisotopic (exact) mass is 409 g/mol. The fourth-order valence-electron chi connectivity index (χ4n) is 2.10. The fraction of sp³-hybridized carbons (Fsp3) is 0.222. The predicted molar refractivity (Wildman–Crippen MR) is 95.1 cm³/mol. The van der Waals surface area contributed by atoms with Crippen molar-refractivity contribution >= 4 is 33.5 Å². The normalized spacial score (nSPS) is 10.2. The quantitative estimate of drug-likeness (QED) is 0.739. The Bertz CT molecular complexity index is 795. The van der Waals surface area contributed by atoms with Gasteiger partial charge >= 0.3 is 5.97 Å². The standard InChI is InChI=1S/C18H17BrFNO4/c1-11-7-13(4-5-14(11)19)21-17(22)10-25-18(23)9-12-3-6-16(24-2)15(20)8-12/h3-8H,9-10H2,1-2H3,(H,21,22). The van der Waals surface area contributed by atoms with E-state index >= 15 is 0 Å². The molecule has 0 aromatic heterocycles. The second kappa shape index (κ2) is 8.62. The molecule has 2 rings (SSSR count). The van der Waals surface area contributed by atoms with Gasteiger partial charge in [-0.25, -0.2) is 4.39 Å². The zero-order chi connectivity index (χ0) is 18.4. The Balaban J connectivity index is 1.83. The first-order valence-electron chi connectivity index (χ1n) is 7.43. The Hall–Kier alpha value is -2.41. The van der Waals surface area contributed by atoms with E-state index in [0.717, 1.165) is 10.0 Å². The number of rotatable bonds is 6. The van der Waals surface area contributed by atoms with Gasteiger partial charge in [-0.3, -0.25) is 9.59 Å². The first-order valence-corrected chi connectivity index (χ1v) is 8.22. The van der Waals surface area contributed by atoms with E-state index < -0.39 is 24.3 Å². The van der Waals surface area contributed by atoms with Crippen molar-refractivity contribution in [3.05, 3.63) is 57.8 Å². The number of methoxy groups -OCH3 is 1. The van der Waals surface area contributed by atoms with Crippen molar-refractivity contribution in [3.63, 3.8) is 0 Å². The van der Waals surface area contributed by atoms with Gasteiger partial charge in [0.1, 0.15) is 0 Å². The summed E-state index contributed by atoms with van der Waals surface area (Å²) in [5, 5.41) is 2.64. The molecule has 0 aliphatic heterocycles. The van der Waals surface area contributed by atoms with Gasteiger partial charge < -0.3 is 14.8 Å². The molecule has 0 unspecified atom stereocenters. The highest BCUT2D eigenvalue weighted by molar-refractivity contribution is 9.10. The first-order chi connectivity index (χ1) is 11.9. The summed E-state index contributed by atoms with van der Waals surface area (Å²) in [5.74, 6) is -1.53. The van der Waals surface area contributed by atoms with Crippen LogP contribution in [0.4, 0.5) is 10.1 Å². The van der Waals surface area contributed by atoms with Crippen molar-refractivity contribution in [1.29, 1.82) is 0 Å². The topological polar surface area (TPSA) is 64.6 Å². The second-order valence-corrected chi connectivity index (χ2v) is 6.17. The van der Waals surface area contributed by atoms with Crippen LogP contribution in [0, 0.1) is 12.7 Å². The molecule has 0 aliphatic carbocycles. The maximum absolute atomic E-state index is 13.6. The zero-order valence-corrected chi connectivity index (χ0v) is 15.4. The Kier molecular flexibility index (Phi) is 6.52. The van der Waals surface area contributed by atoms with Crippen LogP contribution in [0.25, 0.3) is 0 Å². The van der Waals surface area contributed by atoms with Gasteiger partial charge in [-0.1, -0.05) is 22.0 Å². The minimum atomic E-state index is -0.619. The van der Waals surface area contributed by atoms with Crippen LogP contribution in [0.2, 0.25) is 0 Å². The highest BCUT2D eigenvalue weighted by Crippen LogP contribution is 2.20. The van der Waals surface area contributed by atoms with E-state index in [1.807, 2.05) is 13.0 Å². The third kappa shape index (κ3) is 5.56. The summed E-state index contributed by atoms with van der Waals surface area (Å²) in [4.78, 5) is 23.6. The molecule has 0 bridgehead atoms. The molecular formula is C18H17BrFNO4. The number of carbonyl (C=O) groups is 2. The lowest BCUT2D eigenvalue weighted by Gasteiger charge is -2.08. The van der Waals surface area contributed by atoms with Gasteiger partial charge in [0, 0.05) is 10.2 Å². The van der Waals surface area contributed by atoms with E-state index in [9.17, 15) is 14.0 Å². The van der Waals surface area contributed by atoms with Gasteiger partial charge in [-0.15, -0.1) is 0 Å². The molecule has 5 nitrogen and oxygen atoms in total. The number of esters is 1. The van der Waals surface area contributed by atoms with Crippen molar-refractivity contribution < 1.29 is 23.5 Å². The highest BCUT2D eigenvalue weighted by atomic mass is 79.9. The average molecular weight is 410 g/mol. The SMILES string of the molecule is COc1ccc(CC(=O)OCC(=O)Nc2ccc(Br)c(C)c2)cc1F. The average Bonchev–Trinajstić information content (AvgIpc) is 2.56. The molecule has 0 atom stereocenters. The summed E-state index contributed by atoms with van der Waals surface area (Å²) in [7, 11) is 1.36. The molecule has 0 saturated heterocycles. The number of amides is 1. The molecule has 132 valence electrons. The maximum Gasteiger partial charge on any atom is 0.310 e. The summed E-state index contributed by atoms with van der Waals surface area (Å²) in [5.41, 5.74) is 2.02. The van der Waals surface area contributed by atoms with Crippen LogP contribution in [0.1, 0.15) is 11.1 Å². The van der Waals surface area contributed by atoms with Crippen LogP contribution >= 0.6 is 15.9 Å². The maximum atomic E-state index is 13.6. The number of nitrogens with one attached hydrogen (secondary N) is 1. The number of aryl methyl sites for hydroxylation is 1. The van der Waals surface area contributed by atoms with Gasteiger partial charge in [-0.2, -0.15) is 0 Å². The molecule has 0 spiro atoms. The summed E-state index contributed by atoms with van der Waals surface area (Å²) in [6, 6.07) is 9.54. The number of carbonyl (C=O) groups excluding carboxylic acids is 2. The third-order valence-corrected chi connectivity index (χ3v) is 4.26. The van der Waals surface area contributed by atoms with Crippen LogP contribution in [-0.2, 0) is 20.7 Å². The molecule has 0 aliphatic rings. The Labute approximate surface area is 153 Å². The minimum absolute atomic E-state index is 0.0984. The van der Waals surface area contributed by atoms with Crippen LogP contribution < -0.4 is 10.1 Å². The number of hydrogen-bond acceptors (Lipinski definition) is 4. The van der Waals surface area contributed by atoms with E-state index in [4.69, 9.17) is 9.47 Å². The molecule has 25 heavy (non-hydrogen) atoms. The first kappa shape index (κ1) is 18.9. The molecule has 0 saturated carbocycles. The van der Waals surface area contributed by atoms with E-state index in [1.165, 1.54) is 19.2 Å². The van der Waals surface area contributed by atoms with E-state index in [-0.39, 0.29) is 12.2 Å². The van der Waals surface area contributed by atoms with Gasteiger partial charge in [-0.05, 0) is 48.4 Å². The summed E-state index contributed by atoms with van der Waals surface area (Å²) < 4.78 is 24.2. The molecule has 2 aromatic carbocycles. The zero-order valence-electron chi connectivity index (χ0n) is 13.8. The van der Waals surface area contributed by atoms with Crippen LogP contribution in [0.15, 0.2) is 40.9 Å². The van der Waals surface area contributed by atoms with E-state index in [2.05, 4.69) is 21.2 Å². The van der Waals surface area contributed by atoms with Crippen molar-refractivity contribution in [2.45, 2.75) is 13.3 Å². The van der Waals surface area contributed by atoms with Crippen molar-refractivity contribution in [1.82, 2.24) is 0 Å². The fourth-order valence-corrected chi connectivity index (χ4v) is 2.35.